The molecule has 102 valence electrons. The minimum atomic E-state index is 0.192. The molecule has 4 heteroatoms. The zero-order valence-electron chi connectivity index (χ0n) is 10.9. The maximum atomic E-state index is 12.2. The number of rotatable bonds is 4. The summed E-state index contributed by atoms with van der Waals surface area (Å²) in [7, 11) is 0. The first-order chi connectivity index (χ1) is 8.78. The van der Waals surface area contributed by atoms with E-state index >= 15 is 0 Å². The lowest BCUT2D eigenvalue weighted by Gasteiger charge is -2.22. The van der Waals surface area contributed by atoms with Crippen LogP contribution in [0, 0.1) is 17.8 Å². The average molecular weight is 252 g/mol. The second kappa shape index (κ2) is 5.17. The predicted octanol–water partition coefficient (Wildman–Crippen LogP) is 0.652. The Bertz CT molecular complexity index is 321. The van der Waals surface area contributed by atoms with E-state index in [1.54, 1.807) is 0 Å². The molecule has 5 atom stereocenters. The summed E-state index contributed by atoms with van der Waals surface area (Å²) in [4.78, 5) is 12.2. The normalized spacial score (nSPS) is 42.4. The molecule has 1 aliphatic carbocycles. The number of nitrogens with one attached hydrogen (secondary N) is 2. The van der Waals surface area contributed by atoms with Crippen molar-refractivity contribution < 1.29 is 9.90 Å². The Labute approximate surface area is 109 Å². The van der Waals surface area contributed by atoms with Crippen LogP contribution in [0.1, 0.15) is 38.5 Å². The van der Waals surface area contributed by atoms with Crippen LogP contribution in [0.2, 0.25) is 0 Å². The summed E-state index contributed by atoms with van der Waals surface area (Å²) in [6.45, 7) is 1.04. The SMILES string of the molecule is O=C(NCC1CCCC1CO)C1CC2CCC1N2. The summed E-state index contributed by atoms with van der Waals surface area (Å²) in [5.41, 5.74) is 0. The van der Waals surface area contributed by atoms with Gasteiger partial charge in [-0.2, -0.15) is 0 Å². The number of carbonyl (C=O) groups excluding carboxylic acids is 1. The van der Waals surface area contributed by atoms with Crippen molar-refractivity contribution in [1.82, 2.24) is 10.6 Å². The fourth-order valence-corrected chi connectivity index (χ4v) is 4.10. The fraction of sp³-hybridized carbons (Fsp3) is 0.929. The average Bonchev–Trinajstić information content (AvgIpc) is 3.10. The first kappa shape index (κ1) is 12.4. The topological polar surface area (TPSA) is 61.4 Å². The van der Waals surface area contributed by atoms with Gasteiger partial charge in [0.15, 0.2) is 0 Å². The maximum Gasteiger partial charge on any atom is 0.224 e. The minimum Gasteiger partial charge on any atom is -0.396 e. The van der Waals surface area contributed by atoms with E-state index in [0.29, 0.717) is 23.9 Å². The van der Waals surface area contributed by atoms with E-state index in [1.807, 2.05) is 0 Å². The van der Waals surface area contributed by atoms with Crippen molar-refractivity contribution in [3.63, 3.8) is 0 Å². The Hall–Kier alpha value is -0.610. The van der Waals surface area contributed by atoms with Gasteiger partial charge in [0.25, 0.3) is 0 Å². The van der Waals surface area contributed by atoms with Crippen LogP contribution in [0.15, 0.2) is 0 Å². The Morgan fingerprint density at radius 3 is 2.72 bits per heavy atom. The number of fused-ring (bicyclic) bond motifs is 2. The van der Waals surface area contributed by atoms with Gasteiger partial charge >= 0.3 is 0 Å². The zero-order chi connectivity index (χ0) is 12.5. The number of hydrogen-bond acceptors (Lipinski definition) is 3. The smallest absolute Gasteiger partial charge is 0.224 e. The van der Waals surface area contributed by atoms with Gasteiger partial charge in [0.1, 0.15) is 0 Å². The summed E-state index contributed by atoms with van der Waals surface area (Å²) < 4.78 is 0. The van der Waals surface area contributed by atoms with Gasteiger partial charge in [0, 0.05) is 25.2 Å². The van der Waals surface area contributed by atoms with E-state index in [-0.39, 0.29) is 18.4 Å². The Morgan fingerprint density at radius 2 is 2.06 bits per heavy atom. The molecule has 0 spiro atoms. The molecular formula is C14H24N2O2. The highest BCUT2D eigenvalue weighted by molar-refractivity contribution is 5.80. The lowest BCUT2D eigenvalue weighted by molar-refractivity contribution is -0.125. The molecule has 3 N–H and O–H groups in total. The van der Waals surface area contributed by atoms with Crippen molar-refractivity contribution in [1.29, 1.82) is 0 Å². The van der Waals surface area contributed by atoms with Gasteiger partial charge in [-0.25, -0.2) is 0 Å². The molecule has 5 unspecified atom stereocenters. The van der Waals surface area contributed by atoms with Crippen LogP contribution < -0.4 is 10.6 Å². The number of aliphatic hydroxyl groups excluding tert-OH is 1. The monoisotopic (exact) mass is 252 g/mol. The molecule has 1 saturated carbocycles. The first-order valence-corrected chi connectivity index (χ1v) is 7.42. The number of amides is 1. The van der Waals surface area contributed by atoms with E-state index in [4.69, 9.17) is 0 Å². The van der Waals surface area contributed by atoms with Gasteiger partial charge in [0.05, 0.1) is 5.92 Å². The van der Waals surface area contributed by atoms with Crippen LogP contribution in [-0.2, 0) is 4.79 Å². The van der Waals surface area contributed by atoms with Crippen LogP contribution in [0.3, 0.4) is 0 Å². The summed E-state index contributed by atoms with van der Waals surface area (Å²) in [6.07, 6.45) is 6.88. The molecule has 2 saturated heterocycles. The summed E-state index contributed by atoms with van der Waals surface area (Å²) >= 11 is 0. The minimum absolute atomic E-state index is 0.192. The molecular weight excluding hydrogens is 228 g/mol. The highest BCUT2D eigenvalue weighted by atomic mass is 16.3. The van der Waals surface area contributed by atoms with Crippen LogP contribution in [0.5, 0.6) is 0 Å². The lowest BCUT2D eigenvalue weighted by Crippen LogP contribution is -2.40. The van der Waals surface area contributed by atoms with Gasteiger partial charge < -0.3 is 15.7 Å². The van der Waals surface area contributed by atoms with E-state index in [1.165, 1.54) is 12.8 Å². The summed E-state index contributed by atoms with van der Waals surface area (Å²) in [5.74, 6) is 1.32. The van der Waals surface area contributed by atoms with Gasteiger partial charge in [0.2, 0.25) is 5.91 Å². The Kier molecular flexibility index (Phi) is 3.57. The van der Waals surface area contributed by atoms with Gasteiger partial charge in [-0.05, 0) is 43.9 Å². The van der Waals surface area contributed by atoms with Crippen molar-refractivity contribution in [3.05, 3.63) is 0 Å². The third kappa shape index (κ3) is 2.28. The second-order valence-electron chi connectivity index (χ2n) is 6.27. The van der Waals surface area contributed by atoms with E-state index < -0.39 is 0 Å². The van der Waals surface area contributed by atoms with E-state index in [2.05, 4.69) is 10.6 Å². The van der Waals surface area contributed by atoms with Gasteiger partial charge in [-0.1, -0.05) is 6.42 Å². The maximum absolute atomic E-state index is 12.2. The molecule has 3 rings (SSSR count). The third-order valence-corrected chi connectivity index (χ3v) is 5.23. The molecule has 2 aliphatic heterocycles. The van der Waals surface area contributed by atoms with Crippen molar-refractivity contribution in [3.8, 4) is 0 Å². The Morgan fingerprint density at radius 1 is 1.22 bits per heavy atom. The molecule has 3 aliphatic rings. The zero-order valence-corrected chi connectivity index (χ0v) is 10.9. The number of hydrogen-bond donors (Lipinski definition) is 3. The highest BCUT2D eigenvalue weighted by Crippen LogP contribution is 2.34. The molecule has 0 radical (unpaired) electrons. The highest BCUT2D eigenvalue weighted by Gasteiger charge is 2.42. The summed E-state index contributed by atoms with van der Waals surface area (Å²) in [6, 6.07) is 1.01. The Balaban J connectivity index is 1.47. The number of aliphatic hydroxyl groups is 1. The number of carbonyl (C=O) groups is 1. The van der Waals surface area contributed by atoms with E-state index in [0.717, 1.165) is 32.2 Å². The third-order valence-electron chi connectivity index (χ3n) is 5.23. The quantitative estimate of drug-likeness (QED) is 0.688. The second-order valence-corrected chi connectivity index (χ2v) is 6.27. The summed E-state index contributed by atoms with van der Waals surface area (Å²) in [5, 5.41) is 15.9. The molecule has 18 heavy (non-hydrogen) atoms. The lowest BCUT2D eigenvalue weighted by atomic mass is 9.88. The molecule has 2 bridgehead atoms. The van der Waals surface area contributed by atoms with Gasteiger partial charge in [-0.3, -0.25) is 4.79 Å². The molecule has 0 aromatic rings. The van der Waals surface area contributed by atoms with Crippen LogP contribution >= 0.6 is 0 Å². The molecule has 1 amide bonds. The molecule has 0 aromatic carbocycles. The molecule has 2 heterocycles. The van der Waals surface area contributed by atoms with Crippen LogP contribution in [-0.4, -0.2) is 36.2 Å². The van der Waals surface area contributed by atoms with E-state index in [9.17, 15) is 9.90 Å². The van der Waals surface area contributed by atoms with Crippen molar-refractivity contribution in [2.75, 3.05) is 13.2 Å². The molecule has 4 nitrogen and oxygen atoms in total. The molecule has 3 fully saturated rings. The van der Waals surface area contributed by atoms with Gasteiger partial charge in [-0.15, -0.1) is 0 Å². The van der Waals surface area contributed by atoms with Crippen molar-refractivity contribution in [2.45, 2.75) is 50.6 Å². The largest absolute Gasteiger partial charge is 0.396 e. The molecule has 0 aromatic heterocycles. The van der Waals surface area contributed by atoms with Crippen LogP contribution in [0.4, 0.5) is 0 Å². The fourth-order valence-electron chi connectivity index (χ4n) is 4.10. The van der Waals surface area contributed by atoms with Crippen molar-refractivity contribution in [2.24, 2.45) is 17.8 Å². The first-order valence-electron chi connectivity index (χ1n) is 7.42. The predicted molar refractivity (Wildman–Crippen MR) is 69.0 cm³/mol. The van der Waals surface area contributed by atoms with Crippen LogP contribution in [0.25, 0.3) is 0 Å². The van der Waals surface area contributed by atoms with Crippen molar-refractivity contribution >= 4 is 5.91 Å². The standard InChI is InChI=1S/C14H24N2O2/c17-8-10-3-1-2-9(10)7-15-14(18)12-6-11-4-5-13(12)16-11/h9-13,16-17H,1-8H2,(H,15,18).